The van der Waals surface area contributed by atoms with Crippen molar-refractivity contribution >= 4 is 5.71 Å². The van der Waals surface area contributed by atoms with E-state index in [0.29, 0.717) is 46.9 Å². The zero-order valence-electron chi connectivity index (χ0n) is 18.9. The van der Waals surface area contributed by atoms with Gasteiger partial charge in [0.2, 0.25) is 0 Å². The highest BCUT2D eigenvalue weighted by Gasteiger charge is 2.56. The molecule has 4 nitrogen and oxygen atoms in total. The first-order valence-corrected chi connectivity index (χ1v) is 10.6. The van der Waals surface area contributed by atoms with Crippen LogP contribution in [0.15, 0.2) is 65.5 Å². The van der Waals surface area contributed by atoms with Gasteiger partial charge in [0.15, 0.2) is 5.60 Å². The number of halogens is 4. The summed E-state index contributed by atoms with van der Waals surface area (Å²) in [5, 5.41) is 13.8. The van der Waals surface area contributed by atoms with E-state index < -0.39 is 36.0 Å². The second kappa shape index (κ2) is 9.17. The molecular weight excluding hydrogens is 436 g/mol. The highest BCUT2D eigenvalue weighted by atomic mass is 19.4. The van der Waals surface area contributed by atoms with Crippen molar-refractivity contribution in [2.24, 2.45) is 4.99 Å². The molecule has 0 saturated heterocycles. The van der Waals surface area contributed by atoms with Crippen molar-refractivity contribution in [1.82, 2.24) is 5.32 Å². The lowest BCUT2D eigenvalue weighted by Gasteiger charge is -2.37. The van der Waals surface area contributed by atoms with Crippen LogP contribution in [0.3, 0.4) is 0 Å². The van der Waals surface area contributed by atoms with E-state index in [1.165, 1.54) is 18.3 Å². The minimum atomic E-state index is -4.96. The van der Waals surface area contributed by atoms with E-state index in [1.807, 2.05) is 0 Å². The minimum Gasteiger partial charge on any atom is -0.493 e. The number of aliphatic hydroxyl groups is 1. The molecule has 0 fully saturated rings. The van der Waals surface area contributed by atoms with Crippen LogP contribution in [0.25, 0.3) is 0 Å². The van der Waals surface area contributed by atoms with Crippen LogP contribution in [0.4, 0.5) is 17.6 Å². The molecule has 1 aromatic rings. The number of nitrogens with zero attached hydrogens (tertiary/aromatic N) is 1. The molecule has 1 unspecified atom stereocenters. The molecule has 1 atom stereocenters. The molecule has 1 aromatic carbocycles. The number of nitrogens with one attached hydrogen (secondary N) is 1. The number of hydrogen-bond donors (Lipinski definition) is 2. The van der Waals surface area contributed by atoms with E-state index in [0.717, 1.165) is 0 Å². The number of rotatable bonds is 7. The predicted octanol–water partition coefficient (Wildman–Crippen LogP) is 5.30. The summed E-state index contributed by atoms with van der Waals surface area (Å²) >= 11 is 0. The summed E-state index contributed by atoms with van der Waals surface area (Å²) in [5.41, 5.74) is -1.93. The molecule has 0 radical (unpaired) electrons. The Bertz CT molecular complexity index is 1050. The van der Waals surface area contributed by atoms with Gasteiger partial charge in [-0.2, -0.15) is 13.2 Å². The molecule has 0 amide bonds. The smallest absolute Gasteiger partial charge is 0.419 e. The zero-order chi connectivity index (χ0) is 24.4. The third-order valence-corrected chi connectivity index (χ3v) is 5.88. The van der Waals surface area contributed by atoms with Crippen molar-refractivity contribution in [1.29, 1.82) is 0 Å². The van der Waals surface area contributed by atoms with Crippen molar-refractivity contribution in [3.05, 3.63) is 77.4 Å². The Labute approximate surface area is 191 Å². The number of hydrogen-bond acceptors (Lipinski definition) is 4. The molecule has 0 spiro atoms. The van der Waals surface area contributed by atoms with Gasteiger partial charge in [-0.15, -0.1) is 0 Å². The Morgan fingerprint density at radius 2 is 2.00 bits per heavy atom. The fourth-order valence-corrected chi connectivity index (χ4v) is 4.29. The summed E-state index contributed by atoms with van der Waals surface area (Å²) in [5.74, 6) is -0.147. The Hall–Kier alpha value is -2.87. The average molecular weight is 465 g/mol. The maximum atomic E-state index is 14.2. The second-order valence-corrected chi connectivity index (χ2v) is 8.82. The van der Waals surface area contributed by atoms with Crippen molar-refractivity contribution in [3.63, 3.8) is 0 Å². The first-order valence-electron chi connectivity index (χ1n) is 10.6. The van der Waals surface area contributed by atoms with E-state index in [1.54, 1.807) is 45.1 Å². The third-order valence-electron chi connectivity index (χ3n) is 5.88. The number of alkyl halides is 3. The SMILES string of the molecule is C=CNC1=CC=CC(=NCC(O)(CC(C)(C)c2cc(F)cc3c2OCC3)C(F)(F)F)/C1=C/C. The van der Waals surface area contributed by atoms with Gasteiger partial charge in [-0.25, -0.2) is 4.39 Å². The van der Waals surface area contributed by atoms with Gasteiger partial charge in [-0.05, 0) is 49.2 Å². The average Bonchev–Trinajstić information content (AvgIpc) is 3.19. The Balaban J connectivity index is 1.95. The Morgan fingerprint density at radius 3 is 2.64 bits per heavy atom. The van der Waals surface area contributed by atoms with Crippen molar-refractivity contribution < 1.29 is 27.4 Å². The van der Waals surface area contributed by atoms with Gasteiger partial charge < -0.3 is 15.2 Å². The van der Waals surface area contributed by atoms with E-state index in [9.17, 15) is 22.7 Å². The maximum Gasteiger partial charge on any atom is 0.419 e. The van der Waals surface area contributed by atoms with Crippen LogP contribution >= 0.6 is 0 Å². The van der Waals surface area contributed by atoms with Gasteiger partial charge in [0.1, 0.15) is 11.6 Å². The summed E-state index contributed by atoms with van der Waals surface area (Å²) < 4.78 is 62.2. The highest BCUT2D eigenvalue weighted by Crippen LogP contribution is 2.46. The fourth-order valence-electron chi connectivity index (χ4n) is 4.29. The first kappa shape index (κ1) is 24.8. The van der Waals surface area contributed by atoms with Crippen molar-refractivity contribution in [2.45, 2.75) is 50.8 Å². The molecule has 33 heavy (non-hydrogen) atoms. The van der Waals surface area contributed by atoms with Gasteiger partial charge in [-0.1, -0.05) is 32.6 Å². The number of benzene rings is 1. The number of aliphatic imine (C=N–C) groups is 1. The topological polar surface area (TPSA) is 53.9 Å². The number of ether oxygens (including phenoxy) is 1. The Kier molecular flexibility index (Phi) is 6.88. The minimum absolute atomic E-state index is 0.303. The van der Waals surface area contributed by atoms with Crippen LogP contribution in [0.5, 0.6) is 5.75 Å². The lowest BCUT2D eigenvalue weighted by molar-refractivity contribution is -0.262. The van der Waals surface area contributed by atoms with E-state index in [-0.39, 0.29) is 0 Å². The lowest BCUT2D eigenvalue weighted by atomic mass is 9.74. The highest BCUT2D eigenvalue weighted by molar-refractivity contribution is 6.12. The number of fused-ring (bicyclic) bond motifs is 1. The van der Waals surface area contributed by atoms with Gasteiger partial charge in [0, 0.05) is 28.8 Å². The summed E-state index contributed by atoms with van der Waals surface area (Å²) in [7, 11) is 0. The van der Waals surface area contributed by atoms with Crippen LogP contribution in [-0.2, 0) is 11.8 Å². The quantitative estimate of drug-likeness (QED) is 0.539. The molecule has 2 N–H and O–H groups in total. The van der Waals surface area contributed by atoms with Crippen molar-refractivity contribution in [3.8, 4) is 5.75 Å². The molecular formula is C25H28F4N2O2. The normalized spacial score (nSPS) is 20.3. The van der Waals surface area contributed by atoms with Crippen LogP contribution in [0.2, 0.25) is 0 Å². The zero-order valence-corrected chi connectivity index (χ0v) is 18.9. The van der Waals surface area contributed by atoms with Crippen LogP contribution in [0.1, 0.15) is 38.3 Å². The molecule has 0 saturated carbocycles. The van der Waals surface area contributed by atoms with Gasteiger partial charge in [0.05, 0.1) is 18.9 Å². The van der Waals surface area contributed by atoms with E-state index in [4.69, 9.17) is 4.74 Å². The lowest BCUT2D eigenvalue weighted by Crippen LogP contribution is -2.51. The van der Waals surface area contributed by atoms with Gasteiger partial charge in [0.25, 0.3) is 0 Å². The van der Waals surface area contributed by atoms with Gasteiger partial charge in [-0.3, -0.25) is 4.99 Å². The molecule has 178 valence electrons. The summed E-state index contributed by atoms with van der Waals surface area (Å²) in [6, 6.07) is 2.52. The molecule has 8 heteroatoms. The molecule has 0 bridgehead atoms. The third kappa shape index (κ3) is 5.05. The maximum absolute atomic E-state index is 14.2. The molecule has 1 aliphatic carbocycles. The van der Waals surface area contributed by atoms with Crippen LogP contribution in [0, 0.1) is 5.82 Å². The predicted molar refractivity (Wildman–Crippen MR) is 121 cm³/mol. The molecule has 2 aliphatic rings. The van der Waals surface area contributed by atoms with Gasteiger partial charge >= 0.3 is 6.18 Å². The van der Waals surface area contributed by atoms with E-state index >= 15 is 0 Å². The second-order valence-electron chi connectivity index (χ2n) is 8.82. The van der Waals surface area contributed by atoms with E-state index in [2.05, 4.69) is 16.9 Å². The van der Waals surface area contributed by atoms with Crippen LogP contribution < -0.4 is 10.1 Å². The summed E-state index contributed by atoms with van der Waals surface area (Å²) in [6.07, 6.45) is 2.97. The summed E-state index contributed by atoms with van der Waals surface area (Å²) in [4.78, 5) is 4.15. The largest absolute Gasteiger partial charge is 0.493 e. The van der Waals surface area contributed by atoms with Crippen molar-refractivity contribution in [2.75, 3.05) is 13.2 Å². The summed E-state index contributed by atoms with van der Waals surface area (Å²) in [6.45, 7) is 7.86. The fraction of sp³-hybridized carbons (Fsp3) is 0.400. The standard InChI is InChI=1S/C25H28F4N2O2/c1-5-18-20(30-6-2)8-7-9-21(18)31-15-24(32,25(27,28)29)14-23(3,4)19-13-17(26)12-16-10-11-33-22(16)19/h5-9,12-13,30,32H,2,10-11,14-15H2,1,3-4H3/b18-5+,31-21?. The monoisotopic (exact) mass is 464 g/mol. The number of allylic oxidation sites excluding steroid dienone is 5. The molecule has 1 aliphatic heterocycles. The molecule has 3 rings (SSSR count). The van der Waals surface area contributed by atoms with Crippen LogP contribution in [-0.4, -0.2) is 35.7 Å². The first-order chi connectivity index (χ1) is 15.4. The molecule has 0 aromatic heterocycles. The Morgan fingerprint density at radius 1 is 1.27 bits per heavy atom. The molecule has 1 heterocycles.